The maximum absolute atomic E-state index is 12.4. The van der Waals surface area contributed by atoms with Gasteiger partial charge < -0.3 is 10.6 Å². The number of carbonyl (C=O) groups excluding carboxylic acids is 2. The maximum Gasteiger partial charge on any atom is 0.220 e. The van der Waals surface area contributed by atoms with E-state index < -0.39 is 0 Å². The summed E-state index contributed by atoms with van der Waals surface area (Å²) in [5, 5.41) is 17.5. The van der Waals surface area contributed by atoms with E-state index in [0.29, 0.717) is 25.8 Å². The van der Waals surface area contributed by atoms with Crippen molar-refractivity contribution in [3.8, 4) is 11.3 Å². The van der Waals surface area contributed by atoms with Crippen LogP contribution in [0.15, 0.2) is 53.2 Å². The standard InChI is InChI=1S/C22H24N4O2S/c27-20(23-14-18-12-19(26-25-18)17-4-2-1-3-5-17)6-9-22(10-7-21(28)24-22)13-16-8-11-29-15-16/h1-5,8,11-12,15H,6-7,9-10,13-14H2,(H,23,27)(H,24,28)(H,25,26). The van der Waals surface area contributed by atoms with Crippen LogP contribution in [-0.4, -0.2) is 27.6 Å². The van der Waals surface area contributed by atoms with Crippen molar-refractivity contribution in [1.29, 1.82) is 0 Å². The normalized spacial score (nSPS) is 18.6. The molecule has 1 atom stereocenters. The van der Waals surface area contributed by atoms with E-state index in [-0.39, 0.29) is 17.4 Å². The summed E-state index contributed by atoms with van der Waals surface area (Å²) >= 11 is 1.65. The molecule has 6 nitrogen and oxygen atoms in total. The molecule has 2 amide bonds. The predicted molar refractivity (Wildman–Crippen MR) is 113 cm³/mol. The molecular formula is C22H24N4O2S. The number of aromatic nitrogens is 2. The van der Waals surface area contributed by atoms with E-state index in [2.05, 4.69) is 32.3 Å². The molecule has 1 aromatic carbocycles. The van der Waals surface area contributed by atoms with Crippen molar-refractivity contribution in [2.45, 2.75) is 44.2 Å². The number of carbonyl (C=O) groups is 2. The number of nitrogens with one attached hydrogen (secondary N) is 3. The fraction of sp³-hybridized carbons (Fsp3) is 0.318. The second kappa shape index (κ2) is 8.61. The summed E-state index contributed by atoms with van der Waals surface area (Å²) in [7, 11) is 0. The van der Waals surface area contributed by atoms with E-state index in [1.54, 1.807) is 11.3 Å². The van der Waals surface area contributed by atoms with E-state index >= 15 is 0 Å². The zero-order valence-corrected chi connectivity index (χ0v) is 16.9. The SMILES string of the molecule is O=C(CCC1(Cc2ccsc2)CCC(=O)N1)NCc1cc(-c2ccccc2)n[nH]1. The average molecular weight is 409 g/mol. The van der Waals surface area contributed by atoms with Crippen molar-refractivity contribution in [3.63, 3.8) is 0 Å². The van der Waals surface area contributed by atoms with Crippen molar-refractivity contribution in [2.24, 2.45) is 0 Å². The minimum Gasteiger partial charge on any atom is -0.350 e. The summed E-state index contributed by atoms with van der Waals surface area (Å²) < 4.78 is 0. The summed E-state index contributed by atoms with van der Waals surface area (Å²) in [5.41, 5.74) is 3.65. The van der Waals surface area contributed by atoms with Crippen LogP contribution < -0.4 is 10.6 Å². The zero-order chi connectivity index (χ0) is 20.1. The minimum atomic E-state index is -0.316. The van der Waals surface area contributed by atoms with E-state index in [9.17, 15) is 9.59 Å². The molecule has 0 radical (unpaired) electrons. The monoisotopic (exact) mass is 408 g/mol. The number of hydrogen-bond acceptors (Lipinski definition) is 4. The Morgan fingerprint density at radius 1 is 1.24 bits per heavy atom. The summed E-state index contributed by atoms with van der Waals surface area (Å²) in [6.45, 7) is 0.405. The van der Waals surface area contributed by atoms with Gasteiger partial charge in [-0.3, -0.25) is 14.7 Å². The molecule has 0 spiro atoms. The Balaban J connectivity index is 1.30. The van der Waals surface area contributed by atoms with Crippen molar-refractivity contribution in [3.05, 3.63) is 64.5 Å². The number of aromatic amines is 1. The first-order valence-electron chi connectivity index (χ1n) is 9.80. The number of benzene rings is 1. The van der Waals surface area contributed by atoms with Crippen molar-refractivity contribution < 1.29 is 9.59 Å². The molecule has 3 N–H and O–H groups in total. The van der Waals surface area contributed by atoms with Crippen LogP contribution in [0.2, 0.25) is 0 Å². The molecular weight excluding hydrogens is 384 g/mol. The Bertz CT molecular complexity index is 968. The molecule has 29 heavy (non-hydrogen) atoms. The zero-order valence-electron chi connectivity index (χ0n) is 16.1. The number of H-pyrrole nitrogens is 1. The van der Waals surface area contributed by atoms with Gasteiger partial charge in [0.15, 0.2) is 0 Å². The lowest BCUT2D eigenvalue weighted by Gasteiger charge is -2.29. The molecule has 4 rings (SSSR count). The third kappa shape index (κ3) is 4.92. The van der Waals surface area contributed by atoms with Crippen LogP contribution in [0.1, 0.15) is 36.9 Å². The second-order valence-electron chi connectivity index (χ2n) is 7.56. The van der Waals surface area contributed by atoms with Crippen LogP contribution in [0, 0.1) is 0 Å². The molecule has 3 heterocycles. The first kappa shape index (κ1) is 19.4. The summed E-state index contributed by atoms with van der Waals surface area (Å²) in [6, 6.07) is 13.9. The van der Waals surface area contributed by atoms with Gasteiger partial charge in [-0.1, -0.05) is 30.3 Å². The highest BCUT2D eigenvalue weighted by Crippen LogP contribution is 2.30. The smallest absolute Gasteiger partial charge is 0.220 e. The maximum atomic E-state index is 12.4. The van der Waals surface area contributed by atoms with Gasteiger partial charge in [-0.25, -0.2) is 0 Å². The van der Waals surface area contributed by atoms with Gasteiger partial charge in [-0.05, 0) is 47.7 Å². The molecule has 150 valence electrons. The second-order valence-corrected chi connectivity index (χ2v) is 8.34. The van der Waals surface area contributed by atoms with Gasteiger partial charge in [0.1, 0.15) is 0 Å². The fourth-order valence-electron chi connectivity index (χ4n) is 3.81. The average Bonchev–Trinajstić information content (AvgIpc) is 3.48. The Morgan fingerprint density at radius 2 is 2.10 bits per heavy atom. The molecule has 1 aliphatic heterocycles. The van der Waals surface area contributed by atoms with E-state index in [1.165, 1.54) is 5.56 Å². The number of thiophene rings is 1. The number of rotatable bonds is 8. The van der Waals surface area contributed by atoms with E-state index in [0.717, 1.165) is 29.8 Å². The van der Waals surface area contributed by atoms with Crippen LogP contribution in [-0.2, 0) is 22.6 Å². The van der Waals surface area contributed by atoms with Crippen molar-refractivity contribution in [1.82, 2.24) is 20.8 Å². The van der Waals surface area contributed by atoms with Crippen molar-refractivity contribution in [2.75, 3.05) is 0 Å². The topological polar surface area (TPSA) is 86.9 Å². The van der Waals surface area contributed by atoms with Crippen LogP contribution in [0.4, 0.5) is 0 Å². The molecule has 3 aromatic rings. The van der Waals surface area contributed by atoms with Crippen LogP contribution in [0.5, 0.6) is 0 Å². The van der Waals surface area contributed by atoms with Crippen LogP contribution in [0.25, 0.3) is 11.3 Å². The fourth-order valence-corrected chi connectivity index (χ4v) is 4.48. The number of nitrogens with zero attached hydrogens (tertiary/aromatic N) is 1. The highest BCUT2D eigenvalue weighted by atomic mass is 32.1. The highest BCUT2D eigenvalue weighted by molar-refractivity contribution is 7.07. The molecule has 1 saturated heterocycles. The Kier molecular flexibility index (Phi) is 5.76. The molecule has 1 fully saturated rings. The Hall–Kier alpha value is -2.93. The van der Waals surface area contributed by atoms with Gasteiger partial charge in [0, 0.05) is 23.9 Å². The molecule has 0 saturated carbocycles. The third-order valence-corrected chi connectivity index (χ3v) is 6.10. The first-order chi connectivity index (χ1) is 14.1. The van der Waals surface area contributed by atoms with Gasteiger partial charge in [0.25, 0.3) is 0 Å². The predicted octanol–water partition coefficient (Wildman–Crippen LogP) is 3.43. The molecule has 0 aliphatic carbocycles. The van der Waals surface area contributed by atoms with Crippen molar-refractivity contribution >= 4 is 23.2 Å². The van der Waals surface area contributed by atoms with Gasteiger partial charge in [0.05, 0.1) is 17.9 Å². The highest BCUT2D eigenvalue weighted by Gasteiger charge is 2.37. The lowest BCUT2D eigenvalue weighted by atomic mass is 9.85. The Morgan fingerprint density at radius 3 is 2.83 bits per heavy atom. The largest absolute Gasteiger partial charge is 0.350 e. The number of hydrogen-bond donors (Lipinski definition) is 3. The molecule has 0 bridgehead atoms. The van der Waals surface area contributed by atoms with E-state index in [1.807, 2.05) is 41.8 Å². The molecule has 1 unspecified atom stereocenters. The van der Waals surface area contributed by atoms with Gasteiger partial charge >= 0.3 is 0 Å². The molecule has 7 heteroatoms. The number of amides is 2. The van der Waals surface area contributed by atoms with Gasteiger partial charge in [-0.15, -0.1) is 0 Å². The van der Waals surface area contributed by atoms with Crippen LogP contribution >= 0.6 is 11.3 Å². The summed E-state index contributed by atoms with van der Waals surface area (Å²) in [6.07, 6.45) is 3.09. The van der Waals surface area contributed by atoms with E-state index in [4.69, 9.17) is 0 Å². The first-order valence-corrected chi connectivity index (χ1v) is 10.7. The Labute approximate surface area is 173 Å². The minimum absolute atomic E-state index is 0.0216. The molecule has 2 aromatic heterocycles. The quantitative estimate of drug-likeness (QED) is 0.534. The molecule has 1 aliphatic rings. The lowest BCUT2D eigenvalue weighted by molar-refractivity contribution is -0.122. The summed E-state index contributed by atoms with van der Waals surface area (Å²) in [5.74, 6) is 0.0539. The van der Waals surface area contributed by atoms with Crippen LogP contribution in [0.3, 0.4) is 0 Å². The lowest BCUT2D eigenvalue weighted by Crippen LogP contribution is -2.44. The van der Waals surface area contributed by atoms with Gasteiger partial charge in [-0.2, -0.15) is 16.4 Å². The third-order valence-electron chi connectivity index (χ3n) is 5.36. The summed E-state index contributed by atoms with van der Waals surface area (Å²) in [4.78, 5) is 24.3. The van der Waals surface area contributed by atoms with Gasteiger partial charge in [0.2, 0.25) is 11.8 Å².